The fourth-order valence-electron chi connectivity index (χ4n) is 2.85. The van der Waals surface area contributed by atoms with E-state index in [1.54, 1.807) is 17.1 Å². The van der Waals surface area contributed by atoms with E-state index in [4.69, 9.17) is 4.42 Å². The first-order chi connectivity index (χ1) is 11.8. The van der Waals surface area contributed by atoms with Gasteiger partial charge in [0.15, 0.2) is 0 Å². The summed E-state index contributed by atoms with van der Waals surface area (Å²) in [6.45, 7) is 2.45. The molecule has 0 saturated heterocycles. The van der Waals surface area contributed by atoms with Crippen LogP contribution in [0.2, 0.25) is 0 Å². The van der Waals surface area contributed by atoms with Gasteiger partial charge in [-0.15, -0.1) is 0 Å². The molecule has 2 heterocycles. The molecule has 2 aromatic heterocycles. The summed E-state index contributed by atoms with van der Waals surface area (Å²) in [5, 5.41) is 7.33. The molecule has 1 aromatic carbocycles. The van der Waals surface area contributed by atoms with Gasteiger partial charge in [0.05, 0.1) is 12.2 Å². The quantitative estimate of drug-likeness (QED) is 0.725. The molecule has 124 valence electrons. The van der Waals surface area contributed by atoms with Crippen LogP contribution in [0.4, 0.5) is 0 Å². The Bertz CT molecular complexity index is 702. The summed E-state index contributed by atoms with van der Waals surface area (Å²) >= 11 is 0. The van der Waals surface area contributed by atoms with Crippen molar-refractivity contribution in [2.45, 2.75) is 25.3 Å². The summed E-state index contributed by atoms with van der Waals surface area (Å²) in [5.74, 6) is 0.639. The molecule has 0 fully saturated rings. The Hall–Kier alpha value is -2.82. The number of carbonyl (C=O) groups excluding carboxylic acids is 1. The van der Waals surface area contributed by atoms with Gasteiger partial charge in [0.2, 0.25) is 5.91 Å². The molecule has 0 saturated carbocycles. The second-order valence-corrected chi connectivity index (χ2v) is 5.63. The molecule has 0 spiro atoms. The third kappa shape index (κ3) is 3.56. The highest BCUT2D eigenvalue weighted by molar-refractivity contribution is 5.83. The SMILES string of the molecule is CC[C@@H](C(=O)NC[C@H](c1ccco1)n1cccn1)c1ccccc1. The van der Waals surface area contributed by atoms with Crippen molar-refractivity contribution in [2.24, 2.45) is 0 Å². The summed E-state index contributed by atoms with van der Waals surface area (Å²) in [7, 11) is 0. The van der Waals surface area contributed by atoms with Crippen molar-refractivity contribution >= 4 is 5.91 Å². The Kier molecular flexibility index (Phi) is 5.11. The Labute approximate surface area is 141 Å². The second-order valence-electron chi connectivity index (χ2n) is 5.63. The first-order valence-electron chi connectivity index (χ1n) is 8.14. The topological polar surface area (TPSA) is 60.1 Å². The van der Waals surface area contributed by atoms with Crippen molar-refractivity contribution in [1.29, 1.82) is 0 Å². The Morgan fingerprint density at radius 1 is 1.21 bits per heavy atom. The van der Waals surface area contributed by atoms with E-state index in [1.165, 1.54) is 0 Å². The maximum atomic E-state index is 12.6. The van der Waals surface area contributed by atoms with E-state index >= 15 is 0 Å². The molecule has 2 atom stereocenters. The van der Waals surface area contributed by atoms with Crippen LogP contribution in [0.1, 0.15) is 36.6 Å². The van der Waals surface area contributed by atoms with Crippen LogP contribution >= 0.6 is 0 Å². The van der Waals surface area contributed by atoms with Crippen LogP contribution in [0.25, 0.3) is 0 Å². The molecule has 1 N–H and O–H groups in total. The molecule has 3 rings (SSSR count). The Morgan fingerprint density at radius 2 is 2.04 bits per heavy atom. The van der Waals surface area contributed by atoms with E-state index in [0.717, 1.165) is 17.7 Å². The van der Waals surface area contributed by atoms with Gasteiger partial charge in [-0.1, -0.05) is 37.3 Å². The average molecular weight is 323 g/mol. The molecular formula is C19H21N3O2. The van der Waals surface area contributed by atoms with Gasteiger partial charge in [-0.05, 0) is 30.2 Å². The molecule has 5 nitrogen and oxygen atoms in total. The number of nitrogens with one attached hydrogen (secondary N) is 1. The zero-order valence-corrected chi connectivity index (χ0v) is 13.6. The van der Waals surface area contributed by atoms with Gasteiger partial charge in [-0.25, -0.2) is 0 Å². The minimum atomic E-state index is -0.160. The Morgan fingerprint density at radius 3 is 2.67 bits per heavy atom. The predicted octanol–water partition coefficient (Wildman–Crippen LogP) is 3.38. The monoisotopic (exact) mass is 323 g/mol. The third-order valence-corrected chi connectivity index (χ3v) is 4.11. The van der Waals surface area contributed by atoms with Crippen LogP contribution in [-0.4, -0.2) is 22.2 Å². The van der Waals surface area contributed by atoms with Gasteiger partial charge in [0, 0.05) is 18.9 Å². The smallest absolute Gasteiger partial charge is 0.227 e. The fourth-order valence-corrected chi connectivity index (χ4v) is 2.85. The largest absolute Gasteiger partial charge is 0.467 e. The molecule has 0 radical (unpaired) electrons. The van der Waals surface area contributed by atoms with Crippen LogP contribution in [0.3, 0.4) is 0 Å². The summed E-state index contributed by atoms with van der Waals surface area (Å²) in [4.78, 5) is 12.6. The van der Waals surface area contributed by atoms with E-state index in [-0.39, 0.29) is 17.9 Å². The minimum Gasteiger partial charge on any atom is -0.467 e. The second kappa shape index (κ2) is 7.64. The van der Waals surface area contributed by atoms with E-state index < -0.39 is 0 Å². The van der Waals surface area contributed by atoms with E-state index in [2.05, 4.69) is 10.4 Å². The zero-order valence-electron chi connectivity index (χ0n) is 13.6. The number of furan rings is 1. The van der Waals surface area contributed by atoms with Crippen molar-refractivity contribution < 1.29 is 9.21 Å². The highest BCUT2D eigenvalue weighted by Gasteiger charge is 2.22. The highest BCUT2D eigenvalue weighted by atomic mass is 16.3. The lowest BCUT2D eigenvalue weighted by Crippen LogP contribution is -2.34. The summed E-state index contributed by atoms with van der Waals surface area (Å²) in [6.07, 6.45) is 5.97. The highest BCUT2D eigenvalue weighted by Crippen LogP contribution is 2.21. The number of aromatic nitrogens is 2. The van der Waals surface area contributed by atoms with Gasteiger partial charge < -0.3 is 9.73 Å². The molecular weight excluding hydrogens is 302 g/mol. The maximum absolute atomic E-state index is 12.6. The van der Waals surface area contributed by atoms with Crippen LogP contribution in [-0.2, 0) is 4.79 Å². The average Bonchev–Trinajstić information content (AvgIpc) is 3.31. The van der Waals surface area contributed by atoms with E-state index in [9.17, 15) is 4.79 Å². The number of amides is 1. The van der Waals surface area contributed by atoms with Crippen molar-refractivity contribution in [3.8, 4) is 0 Å². The number of hydrogen-bond donors (Lipinski definition) is 1. The summed E-state index contributed by atoms with van der Waals surface area (Å²) < 4.78 is 7.31. The number of hydrogen-bond acceptors (Lipinski definition) is 3. The standard InChI is InChI=1S/C19H21N3O2/c1-2-16(15-8-4-3-5-9-15)19(23)20-14-17(18-10-6-13-24-18)22-12-7-11-21-22/h3-13,16-17H,2,14H2,1H3,(H,20,23)/t16-,17-/m1/s1. The van der Waals surface area contributed by atoms with Crippen LogP contribution in [0.15, 0.2) is 71.6 Å². The molecule has 5 heteroatoms. The third-order valence-electron chi connectivity index (χ3n) is 4.11. The molecule has 3 aromatic rings. The number of nitrogens with zero attached hydrogens (tertiary/aromatic N) is 2. The molecule has 0 aliphatic carbocycles. The zero-order chi connectivity index (χ0) is 16.8. The fraction of sp³-hybridized carbons (Fsp3) is 0.263. The summed E-state index contributed by atoms with van der Waals surface area (Å²) in [5.41, 5.74) is 1.03. The van der Waals surface area contributed by atoms with Crippen molar-refractivity contribution in [1.82, 2.24) is 15.1 Å². The molecule has 0 aliphatic rings. The predicted molar refractivity (Wildman–Crippen MR) is 91.6 cm³/mol. The van der Waals surface area contributed by atoms with Crippen LogP contribution < -0.4 is 5.32 Å². The maximum Gasteiger partial charge on any atom is 0.227 e. The van der Waals surface area contributed by atoms with Gasteiger partial charge in [-0.2, -0.15) is 5.10 Å². The Balaban J connectivity index is 1.71. The molecule has 0 bridgehead atoms. The van der Waals surface area contributed by atoms with E-state index in [1.807, 2.05) is 61.7 Å². The van der Waals surface area contributed by atoms with Gasteiger partial charge in [0.25, 0.3) is 0 Å². The van der Waals surface area contributed by atoms with Crippen LogP contribution in [0, 0.1) is 0 Å². The van der Waals surface area contributed by atoms with Gasteiger partial charge >= 0.3 is 0 Å². The van der Waals surface area contributed by atoms with E-state index in [0.29, 0.717) is 6.54 Å². The lowest BCUT2D eigenvalue weighted by molar-refractivity contribution is -0.122. The van der Waals surface area contributed by atoms with Crippen LogP contribution in [0.5, 0.6) is 0 Å². The first kappa shape index (κ1) is 16.1. The number of carbonyl (C=O) groups is 1. The molecule has 0 aliphatic heterocycles. The molecule has 1 amide bonds. The van der Waals surface area contributed by atoms with Crippen molar-refractivity contribution in [3.05, 3.63) is 78.5 Å². The number of rotatable bonds is 7. The lowest BCUT2D eigenvalue weighted by Gasteiger charge is -2.19. The molecule has 0 unspecified atom stereocenters. The number of benzene rings is 1. The van der Waals surface area contributed by atoms with Gasteiger partial charge in [-0.3, -0.25) is 9.48 Å². The lowest BCUT2D eigenvalue weighted by atomic mass is 9.95. The molecule has 24 heavy (non-hydrogen) atoms. The van der Waals surface area contributed by atoms with Crippen molar-refractivity contribution in [3.63, 3.8) is 0 Å². The summed E-state index contributed by atoms with van der Waals surface area (Å²) in [6, 6.07) is 15.3. The normalized spacial score (nSPS) is 13.4. The first-order valence-corrected chi connectivity index (χ1v) is 8.14. The van der Waals surface area contributed by atoms with Crippen molar-refractivity contribution in [2.75, 3.05) is 6.54 Å². The van der Waals surface area contributed by atoms with Gasteiger partial charge in [0.1, 0.15) is 11.8 Å². The minimum absolute atomic E-state index is 0.0208.